The summed E-state index contributed by atoms with van der Waals surface area (Å²) in [6.07, 6.45) is 12.6. The summed E-state index contributed by atoms with van der Waals surface area (Å²) in [4.78, 5) is 0. The van der Waals surface area contributed by atoms with Gasteiger partial charge in [-0.05, 0) is 38.6 Å². The number of rotatable bonds is 19. The maximum absolute atomic E-state index is 6.19. The molecule has 1 atom stereocenters. The molecule has 0 fully saturated rings. The van der Waals surface area contributed by atoms with Gasteiger partial charge in [0.25, 0.3) is 5.97 Å². The van der Waals surface area contributed by atoms with E-state index < -0.39 is 5.97 Å². The van der Waals surface area contributed by atoms with Gasteiger partial charge in [0.2, 0.25) is 0 Å². The summed E-state index contributed by atoms with van der Waals surface area (Å²) >= 11 is 0. The number of ether oxygens (including phenoxy) is 3. The molecule has 0 aliphatic rings. The molecule has 0 amide bonds. The van der Waals surface area contributed by atoms with Crippen LogP contribution in [0.5, 0.6) is 0 Å². The summed E-state index contributed by atoms with van der Waals surface area (Å²) < 4.78 is 18.6. The Morgan fingerprint density at radius 1 is 0.640 bits per heavy atom. The van der Waals surface area contributed by atoms with Gasteiger partial charge in [-0.25, -0.2) is 0 Å². The lowest BCUT2D eigenvalue weighted by Crippen LogP contribution is -2.48. The van der Waals surface area contributed by atoms with E-state index in [0.717, 1.165) is 32.1 Å². The molecule has 4 heteroatoms. The van der Waals surface area contributed by atoms with Crippen LogP contribution in [-0.4, -0.2) is 32.3 Å². The largest absolute Gasteiger partial charge is 0.330 e. The first-order chi connectivity index (χ1) is 12.2. The van der Waals surface area contributed by atoms with E-state index >= 15 is 0 Å². The Bertz CT molecular complexity index is 252. The molecule has 0 aromatic heterocycles. The van der Waals surface area contributed by atoms with Crippen molar-refractivity contribution in [3.63, 3.8) is 0 Å². The van der Waals surface area contributed by atoms with Gasteiger partial charge in [-0.1, -0.05) is 66.2 Å². The molecule has 0 aliphatic heterocycles. The number of hydrogen-bond acceptors (Lipinski definition) is 4. The molecule has 0 rings (SSSR count). The fraction of sp³-hybridized carbons (Fsp3) is 1.00. The topological polar surface area (TPSA) is 53.7 Å². The van der Waals surface area contributed by atoms with Gasteiger partial charge in [-0.15, -0.1) is 0 Å². The average Bonchev–Trinajstić information content (AvgIpc) is 2.63. The van der Waals surface area contributed by atoms with Gasteiger partial charge in [0, 0.05) is 5.92 Å². The van der Waals surface area contributed by atoms with Crippen LogP contribution in [0.4, 0.5) is 0 Å². The molecule has 0 bridgehead atoms. The van der Waals surface area contributed by atoms with Crippen LogP contribution in [0.25, 0.3) is 0 Å². The Labute approximate surface area is 157 Å². The smallest absolute Gasteiger partial charge is 0.285 e. The van der Waals surface area contributed by atoms with E-state index in [0.29, 0.717) is 26.4 Å². The van der Waals surface area contributed by atoms with E-state index in [9.17, 15) is 0 Å². The van der Waals surface area contributed by atoms with E-state index in [1.807, 2.05) is 0 Å². The molecule has 25 heavy (non-hydrogen) atoms. The summed E-state index contributed by atoms with van der Waals surface area (Å²) in [6, 6.07) is 0. The maximum atomic E-state index is 6.19. The Kier molecular flexibility index (Phi) is 17.2. The van der Waals surface area contributed by atoms with Crippen molar-refractivity contribution in [2.45, 2.75) is 104 Å². The third-order valence-corrected chi connectivity index (χ3v) is 4.44. The zero-order valence-corrected chi connectivity index (χ0v) is 17.5. The van der Waals surface area contributed by atoms with E-state index in [-0.39, 0.29) is 5.92 Å². The first-order valence-corrected chi connectivity index (χ1v) is 10.8. The number of nitrogens with two attached hydrogens (primary N) is 1. The fourth-order valence-corrected chi connectivity index (χ4v) is 3.08. The second-order valence-electron chi connectivity index (χ2n) is 6.98. The van der Waals surface area contributed by atoms with Gasteiger partial charge in [-0.3, -0.25) is 0 Å². The minimum absolute atomic E-state index is 0.202. The zero-order chi connectivity index (χ0) is 18.8. The molecule has 0 aromatic rings. The van der Waals surface area contributed by atoms with Crippen molar-refractivity contribution in [2.24, 2.45) is 11.7 Å². The monoisotopic (exact) mass is 359 g/mol. The second kappa shape index (κ2) is 17.3. The molecule has 4 nitrogen and oxygen atoms in total. The Morgan fingerprint density at radius 3 is 1.56 bits per heavy atom. The SMILES string of the molecule is CCCCCCCCC(CCN)C(OCCC)(OCCC)OCCC. The summed E-state index contributed by atoms with van der Waals surface area (Å²) in [5.74, 6) is -0.710. The molecule has 0 saturated heterocycles. The van der Waals surface area contributed by atoms with Crippen molar-refractivity contribution >= 4 is 0 Å². The molecular formula is C21H45NO3. The lowest BCUT2D eigenvalue weighted by atomic mass is 9.94. The standard InChI is InChI=1S/C21H45NO3/c1-5-9-10-11-12-13-14-20(15-16-22)21(23-17-6-2,24-18-7-3)25-19-8-4/h20H,5-19,22H2,1-4H3. The molecule has 0 radical (unpaired) electrons. The first kappa shape index (κ1) is 24.8. The summed E-state index contributed by atoms with van der Waals surface area (Å²) in [5, 5.41) is 0. The molecule has 2 N–H and O–H groups in total. The van der Waals surface area contributed by atoms with Crippen molar-refractivity contribution in [3.05, 3.63) is 0 Å². The highest BCUT2D eigenvalue weighted by molar-refractivity contribution is 4.73. The lowest BCUT2D eigenvalue weighted by Gasteiger charge is -2.39. The highest BCUT2D eigenvalue weighted by Crippen LogP contribution is 2.33. The van der Waals surface area contributed by atoms with Gasteiger partial charge < -0.3 is 19.9 Å². The zero-order valence-electron chi connectivity index (χ0n) is 17.5. The van der Waals surface area contributed by atoms with Crippen LogP contribution in [0.3, 0.4) is 0 Å². The van der Waals surface area contributed by atoms with Crippen LogP contribution in [0, 0.1) is 5.92 Å². The normalized spacial score (nSPS) is 13.3. The van der Waals surface area contributed by atoms with Crippen LogP contribution in [0.1, 0.15) is 98.3 Å². The van der Waals surface area contributed by atoms with Crippen LogP contribution < -0.4 is 5.73 Å². The number of hydrogen-bond donors (Lipinski definition) is 1. The van der Waals surface area contributed by atoms with Gasteiger partial charge in [0.05, 0.1) is 19.8 Å². The van der Waals surface area contributed by atoms with E-state index in [1.54, 1.807) is 0 Å². The van der Waals surface area contributed by atoms with Crippen molar-refractivity contribution in [3.8, 4) is 0 Å². The van der Waals surface area contributed by atoms with Crippen molar-refractivity contribution in [1.29, 1.82) is 0 Å². The van der Waals surface area contributed by atoms with E-state index in [4.69, 9.17) is 19.9 Å². The van der Waals surface area contributed by atoms with Crippen molar-refractivity contribution in [1.82, 2.24) is 0 Å². The highest BCUT2D eigenvalue weighted by Gasteiger charge is 2.41. The van der Waals surface area contributed by atoms with Crippen molar-refractivity contribution < 1.29 is 14.2 Å². The molecular weight excluding hydrogens is 314 g/mol. The molecule has 0 saturated carbocycles. The predicted octanol–water partition coefficient (Wildman–Crippen LogP) is 5.64. The molecule has 0 aliphatic carbocycles. The summed E-state index contributed by atoms with van der Waals surface area (Å²) in [7, 11) is 0. The minimum atomic E-state index is -0.912. The quantitative estimate of drug-likeness (QED) is 0.240. The predicted molar refractivity (Wildman–Crippen MR) is 107 cm³/mol. The maximum Gasteiger partial charge on any atom is 0.285 e. The van der Waals surface area contributed by atoms with Gasteiger partial charge >= 0.3 is 0 Å². The molecule has 152 valence electrons. The van der Waals surface area contributed by atoms with Crippen LogP contribution >= 0.6 is 0 Å². The summed E-state index contributed by atoms with van der Waals surface area (Å²) in [6.45, 7) is 11.2. The van der Waals surface area contributed by atoms with Crippen LogP contribution in [0.15, 0.2) is 0 Å². The minimum Gasteiger partial charge on any atom is -0.330 e. The highest BCUT2D eigenvalue weighted by atomic mass is 16.9. The third kappa shape index (κ3) is 11.2. The molecule has 0 heterocycles. The molecule has 0 aromatic carbocycles. The van der Waals surface area contributed by atoms with Crippen LogP contribution in [-0.2, 0) is 14.2 Å². The van der Waals surface area contributed by atoms with Crippen LogP contribution in [0.2, 0.25) is 0 Å². The van der Waals surface area contributed by atoms with E-state index in [1.165, 1.54) is 38.5 Å². The number of unbranched alkanes of at least 4 members (excludes halogenated alkanes) is 5. The molecule has 1 unspecified atom stereocenters. The van der Waals surface area contributed by atoms with Crippen molar-refractivity contribution in [2.75, 3.05) is 26.4 Å². The first-order valence-electron chi connectivity index (χ1n) is 10.8. The van der Waals surface area contributed by atoms with Gasteiger partial charge in [0.15, 0.2) is 0 Å². The Balaban J connectivity index is 4.88. The van der Waals surface area contributed by atoms with E-state index in [2.05, 4.69) is 27.7 Å². The Hall–Kier alpha value is -0.160. The van der Waals surface area contributed by atoms with Gasteiger partial charge in [0.1, 0.15) is 0 Å². The van der Waals surface area contributed by atoms with Gasteiger partial charge in [-0.2, -0.15) is 0 Å². The Morgan fingerprint density at radius 2 is 1.12 bits per heavy atom. The third-order valence-electron chi connectivity index (χ3n) is 4.44. The lowest BCUT2D eigenvalue weighted by molar-refractivity contribution is -0.406. The average molecular weight is 360 g/mol. The molecule has 0 spiro atoms. The second-order valence-corrected chi connectivity index (χ2v) is 6.98. The summed E-state index contributed by atoms with van der Waals surface area (Å²) in [5.41, 5.74) is 5.92. The fourth-order valence-electron chi connectivity index (χ4n) is 3.08.